The number of alkyl halides is 3. The topological polar surface area (TPSA) is 58.1 Å². The summed E-state index contributed by atoms with van der Waals surface area (Å²) < 4.78 is 38.5. The van der Waals surface area contributed by atoms with Crippen LogP contribution in [0.2, 0.25) is 0 Å². The van der Waals surface area contributed by atoms with E-state index >= 15 is 0 Å². The molecule has 0 bridgehead atoms. The second-order valence-corrected chi connectivity index (χ2v) is 6.56. The van der Waals surface area contributed by atoms with Crippen molar-refractivity contribution in [1.82, 2.24) is 10.2 Å². The predicted molar refractivity (Wildman–Crippen MR) is 90.3 cm³/mol. The molecule has 9 heteroatoms. The molecule has 1 saturated heterocycles. The molecule has 2 aromatic rings. The molecule has 1 amide bonds. The zero-order chi connectivity index (χ0) is 18.2. The van der Waals surface area contributed by atoms with Gasteiger partial charge in [-0.05, 0) is 49.2 Å². The molecular formula is C16H14BrF3N4O. The van der Waals surface area contributed by atoms with Gasteiger partial charge in [-0.3, -0.25) is 4.79 Å². The number of nitrogens with one attached hydrogen (secondary N) is 1. The third-order valence-corrected chi connectivity index (χ3v) is 4.83. The van der Waals surface area contributed by atoms with Crippen LogP contribution in [0.25, 0.3) is 0 Å². The van der Waals surface area contributed by atoms with Crippen LogP contribution in [0.1, 0.15) is 17.7 Å². The molecule has 1 aromatic heterocycles. The number of nitrogens with zero attached hydrogens (tertiary/aromatic N) is 3. The molecule has 3 rings (SSSR count). The van der Waals surface area contributed by atoms with E-state index in [9.17, 15) is 18.0 Å². The minimum atomic E-state index is -4.54. The standard InChI is InChI=1S/C16H14BrF3N4O/c1-9-8-10(2-3-11(9)17)24-7-6-12(15(24)25)21-14-5-4-13(22-23-14)16(18,19)20/h2-5,8,12H,6-7H2,1H3,(H,21,23). The first-order valence-electron chi connectivity index (χ1n) is 7.51. The Balaban J connectivity index is 1.71. The maximum absolute atomic E-state index is 12.6. The van der Waals surface area contributed by atoms with Crippen molar-refractivity contribution in [2.24, 2.45) is 0 Å². The zero-order valence-electron chi connectivity index (χ0n) is 13.1. The number of carbonyl (C=O) groups excluding carboxylic acids is 1. The Morgan fingerprint density at radius 3 is 2.60 bits per heavy atom. The lowest BCUT2D eigenvalue weighted by Crippen LogP contribution is -2.33. The van der Waals surface area contributed by atoms with Crippen LogP contribution in [0, 0.1) is 6.92 Å². The van der Waals surface area contributed by atoms with E-state index in [1.165, 1.54) is 6.07 Å². The number of benzene rings is 1. The summed E-state index contributed by atoms with van der Waals surface area (Å²) in [4.78, 5) is 14.2. The second kappa shape index (κ2) is 6.62. The summed E-state index contributed by atoms with van der Waals surface area (Å²) in [7, 11) is 0. The van der Waals surface area contributed by atoms with Gasteiger partial charge in [-0.1, -0.05) is 15.9 Å². The van der Waals surface area contributed by atoms with Crippen molar-refractivity contribution < 1.29 is 18.0 Å². The highest BCUT2D eigenvalue weighted by molar-refractivity contribution is 9.10. The Morgan fingerprint density at radius 2 is 2.00 bits per heavy atom. The molecule has 2 heterocycles. The molecular weight excluding hydrogens is 401 g/mol. The van der Waals surface area contributed by atoms with Crippen molar-refractivity contribution in [3.05, 3.63) is 46.1 Å². The molecule has 1 atom stereocenters. The van der Waals surface area contributed by atoms with E-state index in [4.69, 9.17) is 0 Å². The highest BCUT2D eigenvalue weighted by atomic mass is 79.9. The number of hydrogen-bond donors (Lipinski definition) is 1. The predicted octanol–water partition coefficient (Wildman–Crippen LogP) is 3.78. The van der Waals surface area contributed by atoms with Gasteiger partial charge in [-0.25, -0.2) is 0 Å². The summed E-state index contributed by atoms with van der Waals surface area (Å²) in [6.45, 7) is 2.45. The van der Waals surface area contributed by atoms with Crippen molar-refractivity contribution in [2.45, 2.75) is 25.6 Å². The van der Waals surface area contributed by atoms with Crippen LogP contribution < -0.4 is 10.2 Å². The van der Waals surface area contributed by atoms with E-state index in [1.807, 2.05) is 25.1 Å². The summed E-state index contributed by atoms with van der Waals surface area (Å²) in [5.41, 5.74) is 0.728. The SMILES string of the molecule is Cc1cc(N2CCC(Nc3ccc(C(F)(F)F)nn3)C2=O)ccc1Br. The molecule has 0 aliphatic carbocycles. The number of aryl methyl sites for hydroxylation is 1. The van der Waals surface area contributed by atoms with E-state index in [2.05, 4.69) is 31.4 Å². The molecule has 132 valence electrons. The van der Waals surface area contributed by atoms with Crippen LogP contribution in [0.5, 0.6) is 0 Å². The third-order valence-electron chi connectivity index (χ3n) is 3.94. The molecule has 25 heavy (non-hydrogen) atoms. The highest BCUT2D eigenvalue weighted by Gasteiger charge is 2.34. The average molecular weight is 415 g/mol. The van der Waals surface area contributed by atoms with Gasteiger partial charge >= 0.3 is 6.18 Å². The van der Waals surface area contributed by atoms with Crippen LogP contribution >= 0.6 is 15.9 Å². The fourth-order valence-corrected chi connectivity index (χ4v) is 2.85. The Bertz CT molecular complexity index is 795. The first kappa shape index (κ1) is 17.7. The minimum Gasteiger partial charge on any atom is -0.357 e. The number of anilines is 2. The lowest BCUT2D eigenvalue weighted by molar-refractivity contribution is -0.141. The van der Waals surface area contributed by atoms with Crippen LogP contribution in [-0.4, -0.2) is 28.7 Å². The number of carbonyl (C=O) groups is 1. The van der Waals surface area contributed by atoms with Gasteiger partial charge in [0.25, 0.3) is 0 Å². The van der Waals surface area contributed by atoms with E-state index in [0.717, 1.165) is 21.8 Å². The highest BCUT2D eigenvalue weighted by Crippen LogP contribution is 2.29. The molecule has 1 unspecified atom stereocenters. The van der Waals surface area contributed by atoms with Crippen molar-refractivity contribution in [1.29, 1.82) is 0 Å². The molecule has 5 nitrogen and oxygen atoms in total. The average Bonchev–Trinajstić information content (AvgIpc) is 2.91. The molecule has 0 radical (unpaired) electrons. The summed E-state index contributed by atoms with van der Waals surface area (Å²) >= 11 is 3.42. The quantitative estimate of drug-likeness (QED) is 0.829. The maximum atomic E-state index is 12.6. The third kappa shape index (κ3) is 3.76. The molecule has 1 fully saturated rings. The second-order valence-electron chi connectivity index (χ2n) is 5.71. The molecule has 1 aliphatic rings. The van der Waals surface area contributed by atoms with Gasteiger partial charge in [0, 0.05) is 16.7 Å². The Morgan fingerprint density at radius 1 is 1.24 bits per heavy atom. The monoisotopic (exact) mass is 414 g/mol. The van der Waals surface area contributed by atoms with E-state index in [-0.39, 0.29) is 11.7 Å². The van der Waals surface area contributed by atoms with Gasteiger partial charge in [0.15, 0.2) is 5.69 Å². The summed E-state index contributed by atoms with van der Waals surface area (Å²) in [5, 5.41) is 9.51. The number of amides is 1. The van der Waals surface area contributed by atoms with E-state index in [1.54, 1.807) is 4.90 Å². The van der Waals surface area contributed by atoms with Crippen LogP contribution in [0.4, 0.5) is 24.7 Å². The summed E-state index contributed by atoms with van der Waals surface area (Å²) in [6, 6.07) is 7.09. The lowest BCUT2D eigenvalue weighted by Gasteiger charge is -2.18. The van der Waals surface area contributed by atoms with Gasteiger partial charge < -0.3 is 10.2 Å². The molecule has 1 aromatic carbocycles. The first-order valence-corrected chi connectivity index (χ1v) is 8.30. The van der Waals surface area contributed by atoms with Crippen molar-refractivity contribution in [3.8, 4) is 0 Å². The molecule has 1 N–H and O–H groups in total. The first-order chi connectivity index (χ1) is 11.8. The molecule has 1 aliphatic heterocycles. The Labute approximate surface area is 150 Å². The largest absolute Gasteiger partial charge is 0.435 e. The van der Waals surface area contributed by atoms with Crippen molar-refractivity contribution in [3.63, 3.8) is 0 Å². The van der Waals surface area contributed by atoms with Crippen LogP contribution in [-0.2, 0) is 11.0 Å². The van der Waals surface area contributed by atoms with E-state index < -0.39 is 17.9 Å². The number of hydrogen-bond acceptors (Lipinski definition) is 4. The van der Waals surface area contributed by atoms with Gasteiger partial charge in [0.05, 0.1) is 0 Å². The Hall–Kier alpha value is -2.16. The number of aromatic nitrogens is 2. The molecule has 0 spiro atoms. The van der Waals surface area contributed by atoms with E-state index in [0.29, 0.717) is 13.0 Å². The normalized spacial score (nSPS) is 17.9. The lowest BCUT2D eigenvalue weighted by atomic mass is 10.2. The zero-order valence-corrected chi connectivity index (χ0v) is 14.7. The fourth-order valence-electron chi connectivity index (χ4n) is 2.61. The summed E-state index contributed by atoms with van der Waals surface area (Å²) in [5.74, 6) is -0.0105. The van der Waals surface area contributed by atoms with Gasteiger partial charge in [-0.2, -0.15) is 13.2 Å². The molecule has 0 saturated carbocycles. The van der Waals surface area contributed by atoms with Crippen molar-refractivity contribution >= 4 is 33.3 Å². The number of rotatable bonds is 3. The summed E-state index contributed by atoms with van der Waals surface area (Å²) in [6.07, 6.45) is -4.01. The van der Waals surface area contributed by atoms with Crippen LogP contribution in [0.15, 0.2) is 34.8 Å². The van der Waals surface area contributed by atoms with Gasteiger partial charge in [0.2, 0.25) is 5.91 Å². The van der Waals surface area contributed by atoms with Crippen LogP contribution in [0.3, 0.4) is 0 Å². The van der Waals surface area contributed by atoms with Gasteiger partial charge in [0.1, 0.15) is 11.9 Å². The fraction of sp³-hybridized carbons (Fsp3) is 0.312. The Kier molecular flexibility index (Phi) is 4.68. The van der Waals surface area contributed by atoms with Crippen molar-refractivity contribution in [2.75, 3.05) is 16.8 Å². The van der Waals surface area contributed by atoms with Gasteiger partial charge in [-0.15, -0.1) is 10.2 Å². The maximum Gasteiger partial charge on any atom is 0.435 e. The number of halogens is 4. The minimum absolute atomic E-state index is 0.139. The smallest absolute Gasteiger partial charge is 0.357 e.